The molecule has 0 spiro atoms. The fourth-order valence-corrected chi connectivity index (χ4v) is 4.41. The SMILES string of the molecule is Cc1cc(C2CC2)n2ccc(C(=O)NC3CCC(c4ccco4)CC3)c2n1. The first-order valence-electron chi connectivity index (χ1n) is 10.0. The quantitative estimate of drug-likeness (QED) is 0.739. The molecule has 0 bridgehead atoms. The maximum atomic E-state index is 12.9. The maximum absolute atomic E-state index is 12.9. The third-order valence-electron chi connectivity index (χ3n) is 6.02. The molecular formula is C22H25N3O2. The number of nitrogens with zero attached hydrogens (tertiary/aromatic N) is 2. The van der Waals surface area contributed by atoms with Crippen LogP contribution < -0.4 is 5.32 Å². The molecule has 140 valence electrons. The van der Waals surface area contributed by atoms with Crippen molar-refractivity contribution >= 4 is 11.6 Å². The molecule has 27 heavy (non-hydrogen) atoms. The highest BCUT2D eigenvalue weighted by atomic mass is 16.3. The van der Waals surface area contributed by atoms with Crippen LogP contribution in [0, 0.1) is 6.92 Å². The Morgan fingerprint density at radius 3 is 2.63 bits per heavy atom. The minimum Gasteiger partial charge on any atom is -0.469 e. The van der Waals surface area contributed by atoms with E-state index in [-0.39, 0.29) is 11.9 Å². The molecule has 3 aromatic heterocycles. The van der Waals surface area contributed by atoms with Gasteiger partial charge in [0.15, 0.2) is 0 Å². The summed E-state index contributed by atoms with van der Waals surface area (Å²) in [6.45, 7) is 2.01. The number of hydrogen-bond acceptors (Lipinski definition) is 3. The van der Waals surface area contributed by atoms with Gasteiger partial charge in [0.25, 0.3) is 5.91 Å². The predicted octanol–water partition coefficient (Wildman–Crippen LogP) is 4.57. The van der Waals surface area contributed by atoms with E-state index < -0.39 is 0 Å². The van der Waals surface area contributed by atoms with Crippen molar-refractivity contribution in [1.82, 2.24) is 14.7 Å². The van der Waals surface area contributed by atoms with E-state index >= 15 is 0 Å². The summed E-state index contributed by atoms with van der Waals surface area (Å²) in [5.41, 5.74) is 3.75. The van der Waals surface area contributed by atoms with Crippen molar-refractivity contribution in [2.75, 3.05) is 0 Å². The molecule has 1 amide bonds. The van der Waals surface area contributed by atoms with E-state index in [4.69, 9.17) is 4.42 Å². The molecule has 0 radical (unpaired) electrons. The molecule has 5 rings (SSSR count). The molecule has 2 aliphatic rings. The number of rotatable bonds is 4. The van der Waals surface area contributed by atoms with Crippen molar-refractivity contribution in [3.63, 3.8) is 0 Å². The highest BCUT2D eigenvalue weighted by Crippen LogP contribution is 2.40. The molecule has 0 unspecified atom stereocenters. The lowest BCUT2D eigenvalue weighted by Gasteiger charge is -2.28. The summed E-state index contributed by atoms with van der Waals surface area (Å²) in [6, 6.07) is 8.31. The molecule has 2 fully saturated rings. The van der Waals surface area contributed by atoms with Crippen LogP contribution in [0.3, 0.4) is 0 Å². The molecule has 5 heteroatoms. The zero-order valence-electron chi connectivity index (χ0n) is 15.6. The van der Waals surface area contributed by atoms with Crippen LogP contribution in [0.2, 0.25) is 0 Å². The second-order valence-electron chi connectivity index (χ2n) is 8.06. The van der Waals surface area contributed by atoms with Crippen molar-refractivity contribution in [3.8, 4) is 0 Å². The van der Waals surface area contributed by atoms with Crippen molar-refractivity contribution in [2.45, 2.75) is 63.3 Å². The Labute approximate surface area is 158 Å². The third-order valence-corrected chi connectivity index (χ3v) is 6.02. The molecule has 2 saturated carbocycles. The number of furan rings is 1. The van der Waals surface area contributed by atoms with Gasteiger partial charge in [-0.3, -0.25) is 4.79 Å². The lowest BCUT2D eigenvalue weighted by Crippen LogP contribution is -2.37. The summed E-state index contributed by atoms with van der Waals surface area (Å²) in [5.74, 6) is 2.17. The smallest absolute Gasteiger partial charge is 0.255 e. The van der Waals surface area contributed by atoms with Gasteiger partial charge in [-0.15, -0.1) is 0 Å². The molecule has 0 saturated heterocycles. The summed E-state index contributed by atoms with van der Waals surface area (Å²) in [6.07, 6.45) is 10.3. The van der Waals surface area contributed by atoms with E-state index in [1.54, 1.807) is 6.26 Å². The molecule has 1 N–H and O–H groups in total. The van der Waals surface area contributed by atoms with Crippen LogP contribution in [-0.2, 0) is 0 Å². The fraction of sp³-hybridized carbons (Fsp3) is 0.455. The number of fused-ring (bicyclic) bond motifs is 1. The summed E-state index contributed by atoms with van der Waals surface area (Å²) in [5, 5.41) is 3.24. The molecule has 5 nitrogen and oxygen atoms in total. The van der Waals surface area contributed by atoms with Crippen LogP contribution in [0.4, 0.5) is 0 Å². The Bertz CT molecular complexity index is 961. The Morgan fingerprint density at radius 1 is 1.15 bits per heavy atom. The number of amides is 1. The lowest BCUT2D eigenvalue weighted by atomic mass is 9.84. The van der Waals surface area contributed by atoms with Gasteiger partial charge in [0.1, 0.15) is 11.4 Å². The largest absolute Gasteiger partial charge is 0.469 e. The molecular weight excluding hydrogens is 338 g/mol. The van der Waals surface area contributed by atoms with Gasteiger partial charge >= 0.3 is 0 Å². The zero-order chi connectivity index (χ0) is 18.4. The highest BCUT2D eigenvalue weighted by molar-refractivity contribution is 6.00. The Kier molecular flexibility index (Phi) is 4.03. The van der Waals surface area contributed by atoms with Crippen LogP contribution in [0.5, 0.6) is 0 Å². The Balaban J connectivity index is 1.30. The number of aromatic nitrogens is 2. The van der Waals surface area contributed by atoms with Gasteiger partial charge in [0.2, 0.25) is 0 Å². The summed E-state index contributed by atoms with van der Waals surface area (Å²) >= 11 is 0. The Morgan fingerprint density at radius 2 is 1.93 bits per heavy atom. The van der Waals surface area contributed by atoms with E-state index in [2.05, 4.69) is 26.8 Å². The van der Waals surface area contributed by atoms with Crippen molar-refractivity contribution in [3.05, 3.63) is 59.4 Å². The van der Waals surface area contributed by atoms with Crippen molar-refractivity contribution in [2.24, 2.45) is 0 Å². The van der Waals surface area contributed by atoms with Crippen LogP contribution in [-0.4, -0.2) is 21.3 Å². The van der Waals surface area contributed by atoms with Gasteiger partial charge in [-0.1, -0.05) is 0 Å². The third kappa shape index (κ3) is 3.15. The molecule has 3 aromatic rings. The first-order valence-corrected chi connectivity index (χ1v) is 10.0. The van der Waals surface area contributed by atoms with Crippen LogP contribution in [0.25, 0.3) is 5.65 Å². The number of nitrogens with one attached hydrogen (secondary N) is 1. The number of carbonyl (C=O) groups is 1. The molecule has 3 heterocycles. The van der Waals surface area contributed by atoms with E-state index in [0.29, 0.717) is 17.4 Å². The average Bonchev–Trinajstić information content (AvgIpc) is 3.19. The molecule has 0 atom stereocenters. The highest BCUT2D eigenvalue weighted by Gasteiger charge is 2.29. The lowest BCUT2D eigenvalue weighted by molar-refractivity contribution is 0.0926. The second-order valence-corrected chi connectivity index (χ2v) is 8.06. The van der Waals surface area contributed by atoms with E-state index in [1.165, 1.54) is 18.5 Å². The van der Waals surface area contributed by atoms with Gasteiger partial charge in [0.05, 0.1) is 11.8 Å². The fourth-order valence-electron chi connectivity index (χ4n) is 4.41. The minimum atomic E-state index is -0.00112. The van der Waals surface area contributed by atoms with Gasteiger partial charge in [-0.25, -0.2) is 4.98 Å². The molecule has 0 aliphatic heterocycles. The normalized spacial score (nSPS) is 22.9. The molecule has 0 aromatic carbocycles. The van der Waals surface area contributed by atoms with Gasteiger partial charge in [0, 0.05) is 29.5 Å². The number of carbonyl (C=O) groups excluding carboxylic acids is 1. The summed E-state index contributed by atoms with van der Waals surface area (Å²) in [4.78, 5) is 17.6. The van der Waals surface area contributed by atoms with E-state index in [0.717, 1.165) is 42.8 Å². The minimum absolute atomic E-state index is 0.00112. The average molecular weight is 363 g/mol. The second kappa shape index (κ2) is 6.55. The van der Waals surface area contributed by atoms with Gasteiger partial charge < -0.3 is 14.1 Å². The maximum Gasteiger partial charge on any atom is 0.255 e. The van der Waals surface area contributed by atoms with Crippen molar-refractivity contribution in [1.29, 1.82) is 0 Å². The van der Waals surface area contributed by atoms with Crippen molar-refractivity contribution < 1.29 is 9.21 Å². The monoisotopic (exact) mass is 363 g/mol. The van der Waals surface area contributed by atoms with Gasteiger partial charge in [-0.2, -0.15) is 0 Å². The zero-order valence-corrected chi connectivity index (χ0v) is 15.6. The number of hydrogen-bond donors (Lipinski definition) is 1. The van der Waals surface area contributed by atoms with Crippen LogP contribution in [0.15, 0.2) is 41.1 Å². The summed E-state index contributed by atoms with van der Waals surface area (Å²) < 4.78 is 7.65. The Hall–Kier alpha value is -2.56. The molecule has 2 aliphatic carbocycles. The van der Waals surface area contributed by atoms with E-state index in [1.807, 2.05) is 25.3 Å². The first kappa shape index (κ1) is 16.6. The standard InChI is InChI=1S/C22H25N3O2/c1-14-13-19(15-4-5-15)25-11-10-18(21(25)23-14)22(26)24-17-8-6-16(7-9-17)20-3-2-12-27-20/h2-3,10-13,15-17H,4-9H2,1H3,(H,24,26). The van der Waals surface area contributed by atoms with Gasteiger partial charge in [-0.05, 0) is 75.6 Å². The first-order chi connectivity index (χ1) is 13.2. The number of aryl methyl sites for hydroxylation is 1. The topological polar surface area (TPSA) is 59.5 Å². The summed E-state index contributed by atoms with van der Waals surface area (Å²) in [7, 11) is 0. The van der Waals surface area contributed by atoms with Crippen LogP contribution in [0.1, 0.15) is 77.9 Å². The predicted molar refractivity (Wildman–Crippen MR) is 103 cm³/mol. The van der Waals surface area contributed by atoms with E-state index in [9.17, 15) is 4.79 Å². The van der Waals surface area contributed by atoms with Crippen LogP contribution >= 0.6 is 0 Å².